The first-order valence-corrected chi connectivity index (χ1v) is 6.65. The van der Waals surface area contributed by atoms with Crippen molar-refractivity contribution >= 4 is 29.5 Å². The lowest BCUT2D eigenvalue weighted by Gasteiger charge is -2.20. The van der Waals surface area contributed by atoms with E-state index in [-0.39, 0.29) is 5.56 Å². The fraction of sp³-hybridized carbons (Fsp3) is 0.300. The minimum Gasteiger partial charge on any atom is -0.491 e. The number of hydrogen-bond acceptors (Lipinski definition) is 4. The van der Waals surface area contributed by atoms with Crippen LogP contribution in [0, 0.1) is 0 Å². The van der Waals surface area contributed by atoms with E-state index in [1.165, 1.54) is 0 Å². The lowest BCUT2D eigenvalue weighted by atomic mass is 10.2. The van der Waals surface area contributed by atoms with Gasteiger partial charge in [0, 0.05) is 10.6 Å². The highest BCUT2D eigenvalue weighted by Gasteiger charge is 2.22. The molecule has 1 aliphatic rings. The number of aromatic carboxylic acids is 1. The second-order valence-electron chi connectivity index (χ2n) is 2.98. The summed E-state index contributed by atoms with van der Waals surface area (Å²) >= 11 is 3.27. The Hall–Kier alpha value is -0.810. The number of carboxylic acids is 1. The van der Waals surface area contributed by atoms with Crippen LogP contribution in [0.3, 0.4) is 0 Å². The predicted octanol–water partition coefficient (Wildman–Crippen LogP) is 2.59. The Labute approximate surface area is 96.2 Å². The van der Waals surface area contributed by atoms with Crippen molar-refractivity contribution in [2.75, 3.05) is 18.6 Å². The van der Waals surface area contributed by atoms with Crippen LogP contribution in [0.1, 0.15) is 10.4 Å². The zero-order chi connectivity index (χ0) is 10.8. The average Bonchev–Trinajstić information content (AvgIpc) is 2.27. The second kappa shape index (κ2) is 4.37. The topological polar surface area (TPSA) is 46.5 Å². The molecular formula is C10H10O3S2. The van der Waals surface area contributed by atoms with Crippen LogP contribution in [-0.2, 0) is 0 Å². The number of carboxylic acid groups (broad SMARTS) is 1. The van der Waals surface area contributed by atoms with Gasteiger partial charge in [-0.05, 0) is 18.4 Å². The quantitative estimate of drug-likeness (QED) is 0.808. The van der Waals surface area contributed by atoms with Crippen LogP contribution in [0.4, 0.5) is 0 Å². The molecule has 1 aromatic carbocycles. The Kier molecular flexibility index (Phi) is 3.11. The minimum atomic E-state index is -0.929. The normalized spacial score (nSPS) is 14.2. The smallest absolute Gasteiger partial charge is 0.339 e. The fourth-order valence-electron chi connectivity index (χ4n) is 1.44. The SMILES string of the molecule is CSc1ccc(C(=O)O)c2c1SCCO2. The third kappa shape index (κ3) is 1.94. The third-order valence-corrected chi connectivity index (χ3v) is 4.08. The summed E-state index contributed by atoms with van der Waals surface area (Å²) in [5, 5.41) is 9.01. The summed E-state index contributed by atoms with van der Waals surface area (Å²) in [6.07, 6.45) is 1.98. The Bertz CT molecular complexity index is 404. The summed E-state index contributed by atoms with van der Waals surface area (Å²) in [5.41, 5.74) is 0.259. The number of benzene rings is 1. The van der Waals surface area contributed by atoms with E-state index >= 15 is 0 Å². The van der Waals surface area contributed by atoms with Gasteiger partial charge >= 0.3 is 5.97 Å². The Morgan fingerprint density at radius 2 is 2.40 bits per heavy atom. The molecule has 1 aliphatic heterocycles. The van der Waals surface area contributed by atoms with E-state index in [0.29, 0.717) is 12.4 Å². The molecule has 0 unspecified atom stereocenters. The third-order valence-electron chi connectivity index (χ3n) is 2.10. The van der Waals surface area contributed by atoms with Crippen LogP contribution in [0.5, 0.6) is 5.75 Å². The molecule has 0 fully saturated rings. The van der Waals surface area contributed by atoms with Crippen molar-refractivity contribution in [1.29, 1.82) is 0 Å². The highest BCUT2D eigenvalue weighted by Crippen LogP contribution is 2.42. The first kappa shape index (κ1) is 10.7. The van der Waals surface area contributed by atoms with Gasteiger partial charge in [-0.3, -0.25) is 0 Å². The molecule has 3 nitrogen and oxygen atoms in total. The largest absolute Gasteiger partial charge is 0.491 e. The van der Waals surface area contributed by atoms with Crippen molar-refractivity contribution < 1.29 is 14.6 Å². The number of rotatable bonds is 2. The van der Waals surface area contributed by atoms with Gasteiger partial charge in [0.15, 0.2) is 0 Å². The minimum absolute atomic E-state index is 0.259. The van der Waals surface area contributed by atoms with Gasteiger partial charge in [-0.2, -0.15) is 0 Å². The van der Waals surface area contributed by atoms with Crippen molar-refractivity contribution in [3.05, 3.63) is 17.7 Å². The lowest BCUT2D eigenvalue weighted by molar-refractivity contribution is 0.0691. The van der Waals surface area contributed by atoms with Crippen LogP contribution in [0.2, 0.25) is 0 Å². The van der Waals surface area contributed by atoms with Crippen LogP contribution in [0.25, 0.3) is 0 Å². The van der Waals surface area contributed by atoms with E-state index < -0.39 is 5.97 Å². The van der Waals surface area contributed by atoms with E-state index in [0.717, 1.165) is 15.5 Å². The van der Waals surface area contributed by atoms with Gasteiger partial charge in [-0.1, -0.05) is 0 Å². The van der Waals surface area contributed by atoms with Crippen molar-refractivity contribution in [1.82, 2.24) is 0 Å². The summed E-state index contributed by atoms with van der Waals surface area (Å²) in [6, 6.07) is 3.45. The van der Waals surface area contributed by atoms with Crippen molar-refractivity contribution in [3.63, 3.8) is 0 Å². The van der Waals surface area contributed by atoms with Gasteiger partial charge < -0.3 is 9.84 Å². The Morgan fingerprint density at radius 1 is 1.60 bits per heavy atom. The molecule has 5 heteroatoms. The Morgan fingerprint density at radius 3 is 3.07 bits per heavy atom. The molecule has 1 N–H and O–H groups in total. The molecule has 0 atom stereocenters. The monoisotopic (exact) mass is 242 g/mol. The van der Waals surface area contributed by atoms with Gasteiger partial charge in [-0.25, -0.2) is 4.79 Å². The van der Waals surface area contributed by atoms with Crippen LogP contribution < -0.4 is 4.74 Å². The maximum Gasteiger partial charge on any atom is 0.339 e. The molecule has 2 rings (SSSR count). The van der Waals surface area contributed by atoms with Crippen molar-refractivity contribution in [3.8, 4) is 5.75 Å². The summed E-state index contributed by atoms with van der Waals surface area (Å²) in [5.74, 6) is 0.482. The first-order chi connectivity index (χ1) is 7.24. The molecule has 0 saturated heterocycles. The summed E-state index contributed by atoms with van der Waals surface area (Å²) in [7, 11) is 0. The molecule has 0 radical (unpaired) electrons. The van der Waals surface area contributed by atoms with Gasteiger partial charge in [0.05, 0.1) is 11.5 Å². The second-order valence-corrected chi connectivity index (χ2v) is 4.93. The zero-order valence-corrected chi connectivity index (χ0v) is 9.78. The summed E-state index contributed by atoms with van der Waals surface area (Å²) < 4.78 is 5.44. The number of ether oxygens (including phenoxy) is 1. The molecule has 0 amide bonds. The van der Waals surface area contributed by atoms with Gasteiger partial charge in [0.1, 0.15) is 11.3 Å². The molecule has 0 aliphatic carbocycles. The van der Waals surface area contributed by atoms with Crippen LogP contribution in [0.15, 0.2) is 21.9 Å². The highest BCUT2D eigenvalue weighted by molar-refractivity contribution is 8.02. The van der Waals surface area contributed by atoms with E-state index in [1.54, 1.807) is 29.6 Å². The van der Waals surface area contributed by atoms with E-state index in [2.05, 4.69) is 0 Å². The first-order valence-electron chi connectivity index (χ1n) is 4.44. The van der Waals surface area contributed by atoms with Crippen molar-refractivity contribution in [2.24, 2.45) is 0 Å². The van der Waals surface area contributed by atoms with Crippen LogP contribution >= 0.6 is 23.5 Å². The van der Waals surface area contributed by atoms with Crippen LogP contribution in [-0.4, -0.2) is 29.7 Å². The Balaban J connectivity index is 2.57. The lowest BCUT2D eigenvalue weighted by Crippen LogP contribution is -2.11. The number of hydrogen-bond donors (Lipinski definition) is 1. The van der Waals surface area contributed by atoms with Gasteiger partial charge in [-0.15, -0.1) is 23.5 Å². The van der Waals surface area contributed by atoms with Gasteiger partial charge in [0.25, 0.3) is 0 Å². The fourth-order valence-corrected chi connectivity index (χ4v) is 3.23. The maximum absolute atomic E-state index is 11.0. The summed E-state index contributed by atoms with van der Waals surface area (Å²) in [4.78, 5) is 13.0. The standard InChI is InChI=1S/C10H10O3S2/c1-14-7-3-2-6(10(11)12)8-9(7)15-5-4-13-8/h2-3H,4-5H2,1H3,(H,11,12). The van der Waals surface area contributed by atoms with Gasteiger partial charge in [0.2, 0.25) is 0 Å². The zero-order valence-electron chi connectivity index (χ0n) is 8.15. The number of fused-ring (bicyclic) bond motifs is 1. The molecule has 80 valence electrons. The summed E-state index contributed by atoms with van der Waals surface area (Å²) in [6.45, 7) is 0.579. The molecule has 0 bridgehead atoms. The molecule has 1 heterocycles. The molecule has 0 spiro atoms. The molecule has 1 aromatic rings. The molecular weight excluding hydrogens is 232 g/mol. The molecule has 0 aromatic heterocycles. The average molecular weight is 242 g/mol. The molecule has 0 saturated carbocycles. The van der Waals surface area contributed by atoms with Crippen molar-refractivity contribution in [2.45, 2.75) is 9.79 Å². The highest BCUT2D eigenvalue weighted by atomic mass is 32.2. The number of thioether (sulfide) groups is 2. The van der Waals surface area contributed by atoms with E-state index in [4.69, 9.17) is 9.84 Å². The molecule has 15 heavy (non-hydrogen) atoms. The predicted molar refractivity (Wildman–Crippen MR) is 61.4 cm³/mol. The maximum atomic E-state index is 11.0. The van der Waals surface area contributed by atoms with E-state index in [9.17, 15) is 4.79 Å². The van der Waals surface area contributed by atoms with E-state index in [1.807, 2.05) is 12.3 Å². The number of carbonyl (C=O) groups is 1.